The Bertz CT molecular complexity index is 512. The quantitative estimate of drug-likeness (QED) is 0.830. The van der Waals surface area contributed by atoms with Crippen molar-refractivity contribution in [2.75, 3.05) is 46.4 Å². The molecule has 1 saturated heterocycles. The van der Waals surface area contributed by atoms with E-state index in [0.29, 0.717) is 23.1 Å². The number of likely N-dealkylation sites (N-methyl/N-ethyl adjacent to an activating group) is 1. The Morgan fingerprint density at radius 1 is 1.23 bits per heavy atom. The van der Waals surface area contributed by atoms with Crippen molar-refractivity contribution < 1.29 is 27.9 Å². The number of aromatic hydroxyl groups is 1. The molecule has 0 unspecified atom stereocenters. The van der Waals surface area contributed by atoms with Gasteiger partial charge >= 0.3 is 6.18 Å². The number of aliphatic hydroxyl groups is 1. The smallest absolute Gasteiger partial charge is 0.416 e. The summed E-state index contributed by atoms with van der Waals surface area (Å²) >= 11 is 0. The highest BCUT2D eigenvalue weighted by molar-refractivity contribution is 5.37. The molecule has 0 aliphatic carbocycles. The van der Waals surface area contributed by atoms with Crippen LogP contribution in [0, 0.1) is 0 Å². The third kappa shape index (κ3) is 4.12. The van der Waals surface area contributed by atoms with E-state index >= 15 is 0 Å². The van der Waals surface area contributed by atoms with E-state index < -0.39 is 11.7 Å². The molecular formula is C15H22F3N2O2+. The molecule has 0 radical (unpaired) electrons. The molecule has 1 heterocycles. The summed E-state index contributed by atoms with van der Waals surface area (Å²) in [4.78, 5) is 2.16. The number of aliphatic hydroxyl groups excluding tert-OH is 1. The fourth-order valence-electron chi connectivity index (χ4n) is 2.80. The van der Waals surface area contributed by atoms with Crippen LogP contribution in [0.1, 0.15) is 11.1 Å². The van der Waals surface area contributed by atoms with Crippen LogP contribution in [0.25, 0.3) is 0 Å². The topological polar surface area (TPSA) is 43.7 Å². The maximum Gasteiger partial charge on any atom is 0.416 e. The van der Waals surface area contributed by atoms with Gasteiger partial charge in [0, 0.05) is 25.2 Å². The van der Waals surface area contributed by atoms with Crippen LogP contribution in [0.2, 0.25) is 0 Å². The van der Waals surface area contributed by atoms with E-state index in [2.05, 4.69) is 4.90 Å². The van der Waals surface area contributed by atoms with Gasteiger partial charge in [0.05, 0.1) is 32.3 Å². The lowest BCUT2D eigenvalue weighted by Gasteiger charge is -2.42. The number of piperazine rings is 1. The molecule has 4 nitrogen and oxygen atoms in total. The van der Waals surface area contributed by atoms with Crippen LogP contribution in [0.3, 0.4) is 0 Å². The molecule has 1 aromatic carbocycles. The number of rotatable bonds is 4. The Kier molecular flexibility index (Phi) is 4.99. The third-order valence-electron chi connectivity index (χ3n) is 4.29. The van der Waals surface area contributed by atoms with Gasteiger partial charge in [0.15, 0.2) is 0 Å². The predicted molar refractivity (Wildman–Crippen MR) is 76.3 cm³/mol. The van der Waals surface area contributed by atoms with Crippen LogP contribution >= 0.6 is 0 Å². The zero-order valence-corrected chi connectivity index (χ0v) is 12.6. The lowest BCUT2D eigenvalue weighted by molar-refractivity contribution is -0.926. The first kappa shape index (κ1) is 17.1. The maximum absolute atomic E-state index is 12.6. The lowest BCUT2D eigenvalue weighted by Crippen LogP contribution is -2.56. The molecule has 7 heteroatoms. The Labute approximate surface area is 128 Å². The molecule has 124 valence electrons. The summed E-state index contributed by atoms with van der Waals surface area (Å²) < 4.78 is 38.5. The van der Waals surface area contributed by atoms with Crippen molar-refractivity contribution in [3.05, 3.63) is 29.3 Å². The number of alkyl halides is 3. The van der Waals surface area contributed by atoms with E-state index in [1.807, 2.05) is 7.05 Å². The summed E-state index contributed by atoms with van der Waals surface area (Å²) in [7, 11) is 2.04. The molecule has 0 aromatic heterocycles. The Morgan fingerprint density at radius 3 is 2.36 bits per heavy atom. The number of β-amino-alcohol motifs (C(OH)–C–C–N with tert-alkyl or cyclic N) is 1. The summed E-state index contributed by atoms with van der Waals surface area (Å²) in [6.45, 7) is 4.60. The van der Waals surface area contributed by atoms with Gasteiger partial charge in [0.1, 0.15) is 12.3 Å². The Morgan fingerprint density at radius 2 is 1.86 bits per heavy atom. The van der Waals surface area contributed by atoms with Gasteiger partial charge in [-0.1, -0.05) is 0 Å². The lowest BCUT2D eigenvalue weighted by atomic mass is 10.1. The standard InChI is InChI=1S/C15H21F3N2O2/c1-20(7-4-19(5-8-20)6-9-21)11-12-2-3-13(10-14(12)22)15(16,17)18/h2-3,10,21H,4-9,11H2,1H3/p+1. The molecule has 1 aliphatic heterocycles. The first-order valence-corrected chi connectivity index (χ1v) is 7.29. The number of hydrogen-bond donors (Lipinski definition) is 2. The monoisotopic (exact) mass is 319 g/mol. The minimum absolute atomic E-state index is 0.128. The Hall–Kier alpha value is -1.31. The van der Waals surface area contributed by atoms with Gasteiger partial charge in [-0.3, -0.25) is 4.90 Å². The average molecular weight is 319 g/mol. The molecule has 0 atom stereocenters. The predicted octanol–water partition coefficient (Wildman–Crippen LogP) is 1.67. The SMILES string of the molecule is C[N+]1(Cc2ccc(C(F)(F)F)cc2O)CCN(CCO)CC1. The molecule has 1 fully saturated rings. The zero-order valence-electron chi connectivity index (χ0n) is 12.6. The first-order valence-electron chi connectivity index (χ1n) is 7.29. The van der Waals surface area contributed by atoms with E-state index in [1.165, 1.54) is 6.07 Å². The fraction of sp³-hybridized carbons (Fsp3) is 0.600. The number of phenolic OH excluding ortho intramolecular Hbond substituents is 1. The van der Waals surface area contributed by atoms with Crippen LogP contribution in [-0.4, -0.2) is 66.0 Å². The number of nitrogens with zero attached hydrogens (tertiary/aromatic N) is 2. The van der Waals surface area contributed by atoms with Gasteiger partial charge < -0.3 is 14.7 Å². The van der Waals surface area contributed by atoms with E-state index in [1.54, 1.807) is 0 Å². The summed E-state index contributed by atoms with van der Waals surface area (Å²) in [6.07, 6.45) is -4.44. The summed E-state index contributed by atoms with van der Waals surface area (Å²) in [5, 5.41) is 18.8. The Balaban J connectivity index is 2.05. The number of phenols is 1. The summed E-state index contributed by atoms with van der Waals surface area (Å²) in [6, 6.07) is 3.18. The van der Waals surface area contributed by atoms with Crippen LogP contribution in [-0.2, 0) is 12.7 Å². The number of quaternary nitrogens is 1. The molecule has 1 aromatic rings. The second-order valence-electron chi connectivity index (χ2n) is 6.13. The first-order chi connectivity index (χ1) is 10.2. The van der Waals surface area contributed by atoms with E-state index in [4.69, 9.17) is 5.11 Å². The largest absolute Gasteiger partial charge is 0.507 e. The fourth-order valence-corrected chi connectivity index (χ4v) is 2.80. The molecule has 22 heavy (non-hydrogen) atoms. The van der Waals surface area contributed by atoms with Crippen molar-refractivity contribution in [1.29, 1.82) is 0 Å². The third-order valence-corrected chi connectivity index (χ3v) is 4.29. The molecule has 2 rings (SSSR count). The molecule has 1 aliphatic rings. The number of benzene rings is 1. The van der Waals surface area contributed by atoms with E-state index in [-0.39, 0.29) is 12.4 Å². The molecule has 0 saturated carbocycles. The number of hydrogen-bond acceptors (Lipinski definition) is 3. The number of halogens is 3. The van der Waals surface area contributed by atoms with Crippen molar-refractivity contribution in [1.82, 2.24) is 4.90 Å². The highest BCUT2D eigenvalue weighted by Gasteiger charge is 2.33. The molecule has 0 amide bonds. The second kappa shape index (κ2) is 6.44. The molecule has 2 N–H and O–H groups in total. The highest BCUT2D eigenvalue weighted by Crippen LogP contribution is 2.33. The second-order valence-corrected chi connectivity index (χ2v) is 6.13. The van der Waals surface area contributed by atoms with Crippen molar-refractivity contribution in [3.63, 3.8) is 0 Å². The normalized spacial score (nSPS) is 19.3. The molecule has 0 spiro atoms. The van der Waals surface area contributed by atoms with E-state index in [9.17, 15) is 18.3 Å². The van der Waals surface area contributed by atoms with Crippen LogP contribution in [0.4, 0.5) is 13.2 Å². The molecular weight excluding hydrogens is 297 g/mol. The van der Waals surface area contributed by atoms with Crippen LogP contribution < -0.4 is 0 Å². The van der Waals surface area contributed by atoms with Gasteiger partial charge in [-0.15, -0.1) is 0 Å². The van der Waals surface area contributed by atoms with Crippen LogP contribution in [0.5, 0.6) is 5.75 Å². The van der Waals surface area contributed by atoms with Gasteiger partial charge in [0.2, 0.25) is 0 Å². The minimum Gasteiger partial charge on any atom is -0.507 e. The van der Waals surface area contributed by atoms with Gasteiger partial charge in [-0.05, 0) is 18.2 Å². The van der Waals surface area contributed by atoms with Gasteiger partial charge in [0.25, 0.3) is 0 Å². The van der Waals surface area contributed by atoms with Crippen molar-refractivity contribution >= 4 is 0 Å². The van der Waals surface area contributed by atoms with Gasteiger partial charge in [-0.25, -0.2) is 0 Å². The van der Waals surface area contributed by atoms with E-state index in [0.717, 1.165) is 38.3 Å². The van der Waals surface area contributed by atoms with Crippen molar-refractivity contribution in [2.24, 2.45) is 0 Å². The van der Waals surface area contributed by atoms with Crippen molar-refractivity contribution in [2.45, 2.75) is 12.7 Å². The molecule has 0 bridgehead atoms. The summed E-state index contributed by atoms with van der Waals surface area (Å²) in [5.41, 5.74) is -0.296. The maximum atomic E-state index is 12.6. The average Bonchev–Trinajstić information content (AvgIpc) is 2.43. The van der Waals surface area contributed by atoms with Crippen molar-refractivity contribution in [3.8, 4) is 5.75 Å². The van der Waals surface area contributed by atoms with Crippen LogP contribution in [0.15, 0.2) is 18.2 Å². The zero-order chi connectivity index (χ0) is 16.4. The minimum atomic E-state index is -4.44. The highest BCUT2D eigenvalue weighted by atomic mass is 19.4. The van der Waals surface area contributed by atoms with Gasteiger partial charge in [-0.2, -0.15) is 13.2 Å². The summed E-state index contributed by atoms with van der Waals surface area (Å²) in [5.74, 6) is -0.299.